The molecule has 7 nitrogen and oxygen atoms in total. The van der Waals surface area contributed by atoms with Crippen LogP contribution in [0.2, 0.25) is 0 Å². The number of nitrogens with zero attached hydrogens (tertiary/aromatic N) is 3. The largest absolute Gasteiger partial charge is 0.518 e. The molecular weight excluding hydrogens is 298 g/mol. The SMILES string of the molecule is O=C(O)[N+]1(c2ccc([N+](=O)[O-])cc2)CCCN(C2CCC2)CC1. The lowest BCUT2D eigenvalue weighted by atomic mass is 9.91. The highest BCUT2D eigenvalue weighted by Gasteiger charge is 2.42. The van der Waals surface area contributed by atoms with Gasteiger partial charge in [0.05, 0.1) is 11.5 Å². The molecule has 1 N–H and O–H groups in total. The summed E-state index contributed by atoms with van der Waals surface area (Å²) in [5, 5.41) is 20.7. The van der Waals surface area contributed by atoms with Gasteiger partial charge in [-0.2, -0.15) is 9.28 Å². The Hall–Kier alpha value is -1.99. The molecule has 124 valence electrons. The smallest absolute Gasteiger partial charge is 0.435 e. The Morgan fingerprint density at radius 3 is 2.39 bits per heavy atom. The van der Waals surface area contributed by atoms with Crippen LogP contribution in [0.1, 0.15) is 25.7 Å². The standard InChI is InChI=1S/C16H21N3O4/c20-16(21)19(15-7-5-14(6-8-15)18(22)23)11-2-9-17(10-12-19)13-3-1-4-13/h5-8,13H,1-4,9-12H2/p+1. The highest BCUT2D eigenvalue weighted by molar-refractivity contribution is 5.81. The quantitative estimate of drug-likeness (QED) is 0.526. The van der Waals surface area contributed by atoms with Crippen molar-refractivity contribution in [3.8, 4) is 0 Å². The van der Waals surface area contributed by atoms with Crippen molar-refractivity contribution >= 4 is 17.5 Å². The highest BCUT2D eigenvalue weighted by Crippen LogP contribution is 2.31. The summed E-state index contributed by atoms with van der Waals surface area (Å²) >= 11 is 0. The number of hydrogen-bond donors (Lipinski definition) is 1. The topological polar surface area (TPSA) is 83.7 Å². The molecule has 0 spiro atoms. The van der Waals surface area contributed by atoms with Gasteiger partial charge in [0.1, 0.15) is 12.2 Å². The van der Waals surface area contributed by atoms with Crippen molar-refractivity contribution in [1.29, 1.82) is 0 Å². The van der Waals surface area contributed by atoms with Gasteiger partial charge in [-0.1, -0.05) is 6.42 Å². The van der Waals surface area contributed by atoms with Crippen molar-refractivity contribution in [1.82, 2.24) is 9.38 Å². The van der Waals surface area contributed by atoms with Crippen LogP contribution >= 0.6 is 0 Å². The molecule has 0 aromatic heterocycles. The minimum absolute atomic E-state index is 0.0109. The second-order valence-electron chi connectivity index (χ2n) is 6.45. The number of rotatable bonds is 3. The zero-order valence-electron chi connectivity index (χ0n) is 13.1. The third-order valence-corrected chi connectivity index (χ3v) is 5.27. The van der Waals surface area contributed by atoms with Crippen LogP contribution in [0.3, 0.4) is 0 Å². The van der Waals surface area contributed by atoms with E-state index in [1.807, 2.05) is 0 Å². The Labute approximate surface area is 134 Å². The van der Waals surface area contributed by atoms with Crippen LogP contribution in [0, 0.1) is 10.1 Å². The van der Waals surface area contributed by atoms with E-state index in [1.165, 1.54) is 31.4 Å². The van der Waals surface area contributed by atoms with E-state index >= 15 is 0 Å². The summed E-state index contributed by atoms with van der Waals surface area (Å²) in [6.45, 7) is 2.72. The first-order valence-corrected chi connectivity index (χ1v) is 8.12. The molecule has 0 bridgehead atoms. The molecule has 2 fully saturated rings. The van der Waals surface area contributed by atoms with E-state index in [4.69, 9.17) is 0 Å². The van der Waals surface area contributed by atoms with Crippen molar-refractivity contribution in [2.24, 2.45) is 0 Å². The van der Waals surface area contributed by atoms with Gasteiger partial charge < -0.3 is 5.11 Å². The second kappa shape index (κ2) is 6.25. The monoisotopic (exact) mass is 320 g/mol. The molecule has 1 saturated carbocycles. The summed E-state index contributed by atoms with van der Waals surface area (Å²) in [7, 11) is 0. The average Bonchev–Trinajstić information content (AvgIpc) is 2.69. The molecule has 1 unspecified atom stereocenters. The van der Waals surface area contributed by atoms with Gasteiger partial charge in [0.2, 0.25) is 0 Å². The predicted molar refractivity (Wildman–Crippen MR) is 86.5 cm³/mol. The van der Waals surface area contributed by atoms with Crippen LogP contribution in [-0.2, 0) is 0 Å². The van der Waals surface area contributed by atoms with Crippen molar-refractivity contribution in [3.63, 3.8) is 0 Å². The maximum atomic E-state index is 12.0. The molecule has 1 heterocycles. The Morgan fingerprint density at radius 2 is 1.87 bits per heavy atom. The molecule has 0 radical (unpaired) electrons. The van der Waals surface area contributed by atoms with Crippen LogP contribution in [-0.4, -0.2) is 53.2 Å². The number of nitro benzene ring substituents is 1. The fourth-order valence-electron chi connectivity index (χ4n) is 3.60. The van der Waals surface area contributed by atoms with Crippen LogP contribution in [0.25, 0.3) is 0 Å². The first-order valence-electron chi connectivity index (χ1n) is 8.12. The Morgan fingerprint density at radius 1 is 1.17 bits per heavy atom. The first kappa shape index (κ1) is 15.9. The van der Waals surface area contributed by atoms with E-state index < -0.39 is 11.0 Å². The number of nitro groups is 1. The number of hydrogen-bond acceptors (Lipinski definition) is 4. The highest BCUT2D eigenvalue weighted by atomic mass is 16.6. The molecule has 1 saturated heterocycles. The maximum Gasteiger partial charge on any atom is 0.518 e. The molecular formula is C16H22N3O4+. The van der Waals surface area contributed by atoms with E-state index in [0.717, 1.165) is 19.5 Å². The van der Waals surface area contributed by atoms with Gasteiger partial charge in [0.15, 0.2) is 0 Å². The molecule has 7 heteroatoms. The summed E-state index contributed by atoms with van der Waals surface area (Å²) in [5.74, 6) is 0. The lowest BCUT2D eigenvalue weighted by Gasteiger charge is -2.37. The molecule has 3 rings (SSSR count). The van der Waals surface area contributed by atoms with E-state index in [9.17, 15) is 20.0 Å². The zero-order chi connectivity index (χ0) is 16.4. The molecule has 1 amide bonds. The molecule has 1 aliphatic carbocycles. The van der Waals surface area contributed by atoms with Gasteiger partial charge in [-0.3, -0.25) is 15.0 Å². The third-order valence-electron chi connectivity index (χ3n) is 5.27. The van der Waals surface area contributed by atoms with Crippen LogP contribution < -0.4 is 4.48 Å². The van der Waals surface area contributed by atoms with Crippen molar-refractivity contribution < 1.29 is 14.8 Å². The summed E-state index contributed by atoms with van der Waals surface area (Å²) in [6, 6.07) is 6.58. The number of non-ortho nitro benzene ring substituents is 1. The number of quaternary nitrogens is 1. The van der Waals surface area contributed by atoms with Gasteiger partial charge in [-0.05, 0) is 12.8 Å². The van der Waals surface area contributed by atoms with Crippen LogP contribution in [0.15, 0.2) is 24.3 Å². The lowest BCUT2D eigenvalue weighted by Crippen LogP contribution is -2.56. The van der Waals surface area contributed by atoms with Crippen LogP contribution in [0.5, 0.6) is 0 Å². The van der Waals surface area contributed by atoms with Gasteiger partial charge in [-0.15, -0.1) is 0 Å². The minimum atomic E-state index is -0.880. The lowest BCUT2D eigenvalue weighted by molar-refractivity contribution is -0.384. The van der Waals surface area contributed by atoms with Gasteiger partial charge >= 0.3 is 6.09 Å². The van der Waals surface area contributed by atoms with Gasteiger partial charge in [-0.25, -0.2) is 0 Å². The Balaban J connectivity index is 1.84. The van der Waals surface area contributed by atoms with E-state index in [0.29, 0.717) is 24.8 Å². The molecule has 1 atom stereocenters. The average molecular weight is 320 g/mol. The van der Waals surface area contributed by atoms with E-state index in [-0.39, 0.29) is 10.2 Å². The van der Waals surface area contributed by atoms with Crippen LogP contribution in [0.4, 0.5) is 16.2 Å². The van der Waals surface area contributed by atoms with Crippen molar-refractivity contribution in [2.75, 3.05) is 26.2 Å². The fourth-order valence-corrected chi connectivity index (χ4v) is 3.60. The Kier molecular flexibility index (Phi) is 4.32. The molecule has 1 aromatic carbocycles. The van der Waals surface area contributed by atoms with Gasteiger partial charge in [0, 0.05) is 49.8 Å². The number of amides is 1. The molecule has 2 aliphatic rings. The predicted octanol–water partition coefficient (Wildman–Crippen LogP) is 2.84. The summed E-state index contributed by atoms with van der Waals surface area (Å²) in [6.07, 6.45) is 3.63. The molecule has 1 aliphatic heterocycles. The third kappa shape index (κ3) is 2.94. The zero-order valence-corrected chi connectivity index (χ0v) is 13.1. The molecule has 1 aromatic rings. The minimum Gasteiger partial charge on any atom is -0.435 e. The Bertz CT molecular complexity index is 600. The summed E-state index contributed by atoms with van der Waals surface area (Å²) < 4.78 is -0.138. The molecule has 23 heavy (non-hydrogen) atoms. The van der Waals surface area contributed by atoms with E-state index in [1.54, 1.807) is 12.1 Å². The maximum absolute atomic E-state index is 12.0. The number of carbonyl (C=O) groups is 1. The fraction of sp³-hybridized carbons (Fsp3) is 0.562. The number of benzene rings is 1. The van der Waals surface area contributed by atoms with Crippen molar-refractivity contribution in [3.05, 3.63) is 34.4 Å². The number of carboxylic acid groups (broad SMARTS) is 1. The van der Waals surface area contributed by atoms with E-state index in [2.05, 4.69) is 4.90 Å². The summed E-state index contributed by atoms with van der Waals surface area (Å²) in [4.78, 5) is 24.8. The van der Waals surface area contributed by atoms with Gasteiger partial charge in [0.25, 0.3) is 5.69 Å². The first-order chi connectivity index (χ1) is 11.0. The van der Waals surface area contributed by atoms with Crippen molar-refractivity contribution in [2.45, 2.75) is 31.7 Å². The second-order valence-corrected chi connectivity index (χ2v) is 6.45. The normalized spacial score (nSPS) is 26.3. The summed E-state index contributed by atoms with van der Waals surface area (Å²) in [5.41, 5.74) is 0.613.